The molecule has 0 fully saturated rings. The van der Waals surface area contributed by atoms with Gasteiger partial charge >= 0.3 is 0 Å². The van der Waals surface area contributed by atoms with E-state index < -0.39 is 0 Å². The van der Waals surface area contributed by atoms with E-state index >= 15 is 0 Å². The minimum atomic E-state index is -0.136. The van der Waals surface area contributed by atoms with Gasteiger partial charge < -0.3 is 9.30 Å². The number of thiazole rings is 1. The molecule has 1 amide bonds. The van der Waals surface area contributed by atoms with Gasteiger partial charge in [0, 0.05) is 19.0 Å². The third-order valence-corrected chi connectivity index (χ3v) is 5.64. The predicted octanol–water partition coefficient (Wildman–Crippen LogP) is 4.17. The molecule has 5 heteroatoms. The number of ether oxygens (including phenoxy) is 1. The SMILES string of the molecule is COCCn1c(=NC(=O)Cc2ccccc2)sc2c3ccccc3ccc21. The molecule has 0 radical (unpaired) electrons. The number of amides is 1. The Balaban J connectivity index is 1.82. The van der Waals surface area contributed by atoms with Crippen LogP contribution in [0.15, 0.2) is 71.7 Å². The molecule has 4 aromatic rings. The van der Waals surface area contributed by atoms with Gasteiger partial charge in [0.25, 0.3) is 5.91 Å². The van der Waals surface area contributed by atoms with Crippen LogP contribution in [-0.4, -0.2) is 24.2 Å². The number of hydrogen-bond donors (Lipinski definition) is 0. The monoisotopic (exact) mass is 376 g/mol. The smallest absolute Gasteiger partial charge is 0.252 e. The Bertz CT molecular complexity index is 1160. The average molecular weight is 376 g/mol. The van der Waals surface area contributed by atoms with Crippen molar-refractivity contribution in [3.05, 3.63) is 77.1 Å². The maximum atomic E-state index is 12.5. The Kier molecular flexibility index (Phi) is 5.14. The topological polar surface area (TPSA) is 43.6 Å². The Morgan fingerprint density at radius 2 is 1.81 bits per heavy atom. The molecule has 0 bridgehead atoms. The van der Waals surface area contributed by atoms with Gasteiger partial charge in [-0.1, -0.05) is 72.0 Å². The summed E-state index contributed by atoms with van der Waals surface area (Å²) in [6, 6.07) is 22.2. The number of nitrogens with zero attached hydrogens (tertiary/aromatic N) is 2. The van der Waals surface area contributed by atoms with Gasteiger partial charge in [-0.25, -0.2) is 0 Å². The first-order chi connectivity index (χ1) is 13.3. The van der Waals surface area contributed by atoms with Crippen molar-refractivity contribution >= 4 is 38.2 Å². The van der Waals surface area contributed by atoms with Crippen molar-refractivity contribution in [2.24, 2.45) is 4.99 Å². The number of carbonyl (C=O) groups is 1. The second-order valence-corrected chi connectivity index (χ2v) is 7.31. The number of carbonyl (C=O) groups excluding carboxylic acids is 1. The molecule has 0 N–H and O–H groups in total. The molecular formula is C22H20N2O2S. The van der Waals surface area contributed by atoms with Crippen LogP contribution in [-0.2, 0) is 22.5 Å². The molecule has 136 valence electrons. The molecule has 3 aromatic carbocycles. The summed E-state index contributed by atoms with van der Waals surface area (Å²) in [5.41, 5.74) is 2.06. The van der Waals surface area contributed by atoms with Crippen LogP contribution in [0.25, 0.3) is 21.0 Å². The van der Waals surface area contributed by atoms with Crippen LogP contribution in [0.1, 0.15) is 5.56 Å². The molecule has 1 heterocycles. The molecule has 27 heavy (non-hydrogen) atoms. The minimum Gasteiger partial charge on any atom is -0.383 e. The second kappa shape index (κ2) is 7.86. The fourth-order valence-corrected chi connectivity index (χ4v) is 4.41. The van der Waals surface area contributed by atoms with Gasteiger partial charge in [-0.2, -0.15) is 4.99 Å². The molecular weight excluding hydrogens is 356 g/mol. The highest BCUT2D eigenvalue weighted by molar-refractivity contribution is 7.17. The van der Waals surface area contributed by atoms with Crippen LogP contribution in [0, 0.1) is 0 Å². The quantitative estimate of drug-likeness (QED) is 0.525. The second-order valence-electron chi connectivity index (χ2n) is 6.33. The molecule has 0 saturated carbocycles. The van der Waals surface area contributed by atoms with E-state index in [0.717, 1.165) is 20.6 Å². The number of benzene rings is 3. The Morgan fingerprint density at radius 3 is 2.63 bits per heavy atom. The number of rotatable bonds is 5. The van der Waals surface area contributed by atoms with Crippen molar-refractivity contribution in [1.82, 2.24) is 4.57 Å². The van der Waals surface area contributed by atoms with Gasteiger partial charge in [0.05, 0.1) is 23.2 Å². The van der Waals surface area contributed by atoms with Crippen LogP contribution in [0.4, 0.5) is 0 Å². The van der Waals surface area contributed by atoms with Crippen LogP contribution in [0.5, 0.6) is 0 Å². The summed E-state index contributed by atoms with van der Waals surface area (Å²) in [6.45, 7) is 1.23. The number of hydrogen-bond acceptors (Lipinski definition) is 3. The van der Waals surface area contributed by atoms with Crippen molar-refractivity contribution in [3.8, 4) is 0 Å². The van der Waals surface area contributed by atoms with E-state index in [2.05, 4.69) is 33.8 Å². The maximum Gasteiger partial charge on any atom is 0.252 e. The summed E-state index contributed by atoms with van der Waals surface area (Å²) in [5.74, 6) is -0.136. The first-order valence-electron chi connectivity index (χ1n) is 8.88. The van der Waals surface area contributed by atoms with E-state index in [-0.39, 0.29) is 5.91 Å². The molecule has 0 spiro atoms. The summed E-state index contributed by atoms with van der Waals surface area (Å²) in [7, 11) is 1.68. The van der Waals surface area contributed by atoms with Gasteiger partial charge in [-0.05, 0) is 17.0 Å². The molecule has 4 rings (SSSR count). The lowest BCUT2D eigenvalue weighted by Gasteiger charge is -2.05. The molecule has 0 aliphatic carbocycles. The third kappa shape index (κ3) is 3.70. The molecule has 4 nitrogen and oxygen atoms in total. The van der Waals surface area contributed by atoms with E-state index in [0.29, 0.717) is 19.6 Å². The van der Waals surface area contributed by atoms with Crippen LogP contribution >= 0.6 is 11.3 Å². The zero-order chi connectivity index (χ0) is 18.6. The van der Waals surface area contributed by atoms with Gasteiger partial charge in [0.2, 0.25) is 0 Å². The van der Waals surface area contributed by atoms with E-state index in [9.17, 15) is 4.79 Å². The minimum absolute atomic E-state index is 0.136. The summed E-state index contributed by atoms with van der Waals surface area (Å²) in [5, 5.41) is 2.37. The molecule has 0 aliphatic heterocycles. The number of fused-ring (bicyclic) bond motifs is 3. The largest absolute Gasteiger partial charge is 0.383 e. The predicted molar refractivity (Wildman–Crippen MR) is 110 cm³/mol. The lowest BCUT2D eigenvalue weighted by molar-refractivity contribution is -0.117. The molecule has 0 aliphatic rings. The van der Waals surface area contributed by atoms with Crippen molar-refractivity contribution < 1.29 is 9.53 Å². The molecule has 1 aromatic heterocycles. The van der Waals surface area contributed by atoms with Crippen molar-refractivity contribution in [1.29, 1.82) is 0 Å². The van der Waals surface area contributed by atoms with E-state index in [1.54, 1.807) is 18.4 Å². The zero-order valence-electron chi connectivity index (χ0n) is 15.1. The first kappa shape index (κ1) is 17.6. The van der Waals surface area contributed by atoms with Crippen LogP contribution in [0.2, 0.25) is 0 Å². The molecule has 0 saturated heterocycles. The van der Waals surface area contributed by atoms with E-state index in [1.165, 1.54) is 10.8 Å². The number of methoxy groups -OCH3 is 1. The molecule has 0 atom stereocenters. The Hall–Kier alpha value is -2.76. The zero-order valence-corrected chi connectivity index (χ0v) is 15.9. The average Bonchev–Trinajstić information content (AvgIpc) is 3.04. The van der Waals surface area contributed by atoms with Crippen molar-refractivity contribution in [3.63, 3.8) is 0 Å². The van der Waals surface area contributed by atoms with Gasteiger partial charge in [-0.15, -0.1) is 0 Å². The van der Waals surface area contributed by atoms with Crippen molar-refractivity contribution in [2.45, 2.75) is 13.0 Å². The lowest BCUT2D eigenvalue weighted by atomic mass is 10.1. The first-order valence-corrected chi connectivity index (χ1v) is 9.69. The Labute approximate surface area is 161 Å². The summed E-state index contributed by atoms with van der Waals surface area (Å²) in [4.78, 5) is 17.7. The van der Waals surface area contributed by atoms with E-state index in [4.69, 9.17) is 4.74 Å². The normalized spacial score (nSPS) is 12.1. The van der Waals surface area contributed by atoms with Gasteiger partial charge in [0.15, 0.2) is 4.80 Å². The highest BCUT2D eigenvalue weighted by Gasteiger charge is 2.11. The lowest BCUT2D eigenvalue weighted by Crippen LogP contribution is -2.19. The highest BCUT2D eigenvalue weighted by atomic mass is 32.1. The fraction of sp³-hybridized carbons (Fsp3) is 0.182. The van der Waals surface area contributed by atoms with Gasteiger partial charge in [-0.3, -0.25) is 4.79 Å². The molecule has 0 unspecified atom stereocenters. The highest BCUT2D eigenvalue weighted by Crippen LogP contribution is 2.27. The summed E-state index contributed by atoms with van der Waals surface area (Å²) in [6.07, 6.45) is 0.306. The standard InChI is InChI=1S/C22H20N2O2S/c1-26-14-13-24-19-12-11-17-9-5-6-10-18(17)21(19)27-22(24)23-20(25)15-16-7-3-2-4-8-16/h2-12H,13-15H2,1H3. The van der Waals surface area contributed by atoms with E-state index in [1.807, 2.05) is 42.5 Å². The summed E-state index contributed by atoms with van der Waals surface area (Å²) < 4.78 is 8.50. The van der Waals surface area contributed by atoms with Gasteiger partial charge in [0.1, 0.15) is 0 Å². The summed E-state index contributed by atoms with van der Waals surface area (Å²) >= 11 is 1.56. The fourth-order valence-electron chi connectivity index (χ4n) is 3.20. The van der Waals surface area contributed by atoms with Crippen LogP contribution < -0.4 is 4.80 Å². The van der Waals surface area contributed by atoms with Crippen molar-refractivity contribution in [2.75, 3.05) is 13.7 Å². The Morgan fingerprint density at radius 1 is 1.04 bits per heavy atom. The number of aromatic nitrogens is 1. The van der Waals surface area contributed by atoms with Crippen LogP contribution in [0.3, 0.4) is 0 Å². The third-order valence-electron chi connectivity index (χ3n) is 4.51. The maximum absolute atomic E-state index is 12.5.